The Balaban J connectivity index is 2.00. The summed E-state index contributed by atoms with van der Waals surface area (Å²) in [5, 5.41) is 0.560. The summed E-state index contributed by atoms with van der Waals surface area (Å²) in [6, 6.07) is 13.5. The molecule has 6 heteroatoms. The molecule has 2 aromatic carbocycles. The van der Waals surface area contributed by atoms with Crippen molar-refractivity contribution in [1.29, 1.82) is 0 Å². The molecule has 0 atom stereocenters. The predicted molar refractivity (Wildman–Crippen MR) is 92.2 cm³/mol. The van der Waals surface area contributed by atoms with Gasteiger partial charge in [0.2, 0.25) is 10.0 Å². The molecule has 4 nitrogen and oxygen atoms in total. The molecular weight excluding hydrogens is 327 g/mol. The fraction of sp³-hybridized carbons (Fsp3) is 0.167. The second-order valence-electron chi connectivity index (χ2n) is 6.30. The van der Waals surface area contributed by atoms with Crippen LogP contribution in [-0.4, -0.2) is 13.4 Å². The Morgan fingerprint density at radius 3 is 2.62 bits per heavy atom. The lowest BCUT2D eigenvalue weighted by molar-refractivity contribution is 0.563. The minimum absolute atomic E-state index is 0.227. The first kappa shape index (κ1) is 15.1. The van der Waals surface area contributed by atoms with Gasteiger partial charge >= 0.3 is 0 Å². The molecule has 0 radical (unpaired) electrons. The van der Waals surface area contributed by atoms with E-state index < -0.39 is 20.6 Å². The highest BCUT2D eigenvalue weighted by atomic mass is 32.2. The zero-order valence-corrected chi connectivity index (χ0v) is 14.0. The number of sulfonamides is 1. The zero-order valence-electron chi connectivity index (χ0n) is 13.2. The van der Waals surface area contributed by atoms with Crippen LogP contribution in [-0.2, 0) is 14.8 Å². The molecule has 0 spiro atoms. The van der Waals surface area contributed by atoms with E-state index in [2.05, 4.69) is 4.98 Å². The predicted octanol–water partition coefficient (Wildman–Crippen LogP) is 4.09. The summed E-state index contributed by atoms with van der Waals surface area (Å²) in [7, 11) is -3.66. The largest absolute Gasteiger partial charge is 0.251 e. The number of pyridine rings is 1. The van der Waals surface area contributed by atoms with E-state index in [0.717, 1.165) is 5.56 Å². The van der Waals surface area contributed by atoms with Crippen LogP contribution in [0.2, 0.25) is 0 Å². The van der Waals surface area contributed by atoms with Crippen molar-refractivity contribution < 1.29 is 12.8 Å². The lowest BCUT2D eigenvalue weighted by Gasteiger charge is -2.23. The van der Waals surface area contributed by atoms with Crippen LogP contribution in [0.3, 0.4) is 0 Å². The van der Waals surface area contributed by atoms with E-state index in [9.17, 15) is 12.8 Å². The summed E-state index contributed by atoms with van der Waals surface area (Å²) in [6.45, 7) is 3.38. The van der Waals surface area contributed by atoms with Gasteiger partial charge < -0.3 is 0 Å². The molecule has 1 aliphatic rings. The smallest absolute Gasteiger partial charge is 0.249 e. The first-order valence-electron chi connectivity index (χ1n) is 7.53. The Hall–Kier alpha value is -2.47. The second-order valence-corrected chi connectivity index (χ2v) is 8.64. The molecule has 122 valence electrons. The van der Waals surface area contributed by atoms with Crippen LogP contribution in [0.4, 0.5) is 15.8 Å². The highest BCUT2D eigenvalue weighted by Crippen LogP contribution is 2.50. The van der Waals surface area contributed by atoms with Crippen molar-refractivity contribution in [2.45, 2.75) is 18.6 Å². The van der Waals surface area contributed by atoms with Crippen molar-refractivity contribution >= 4 is 32.3 Å². The Labute approximate surface area is 139 Å². The van der Waals surface area contributed by atoms with Gasteiger partial charge in [-0.3, -0.25) is 4.98 Å². The fourth-order valence-electron chi connectivity index (χ4n) is 3.16. The van der Waals surface area contributed by atoms with Crippen LogP contribution in [0.25, 0.3) is 10.9 Å². The van der Waals surface area contributed by atoms with Crippen LogP contribution in [0.1, 0.15) is 19.4 Å². The molecule has 0 unspecified atom stereocenters. The third kappa shape index (κ3) is 1.83. The maximum atomic E-state index is 13.8. The number of para-hydroxylation sites is 2. The first-order chi connectivity index (χ1) is 11.3. The van der Waals surface area contributed by atoms with E-state index in [1.165, 1.54) is 16.6 Å². The SMILES string of the molecule is CC1(C)c2ccccc2N(c2cnc3c(F)cccc3c2)S1(=O)=O. The van der Waals surface area contributed by atoms with Crippen molar-refractivity contribution in [1.82, 2.24) is 4.98 Å². The monoisotopic (exact) mass is 342 g/mol. The van der Waals surface area contributed by atoms with Crippen LogP contribution < -0.4 is 4.31 Å². The molecule has 0 amide bonds. The molecule has 0 bridgehead atoms. The van der Waals surface area contributed by atoms with Gasteiger partial charge in [0, 0.05) is 5.39 Å². The second kappa shape index (κ2) is 4.77. The molecule has 0 fully saturated rings. The minimum Gasteiger partial charge on any atom is -0.251 e. The van der Waals surface area contributed by atoms with E-state index in [1.807, 2.05) is 12.1 Å². The number of hydrogen-bond acceptors (Lipinski definition) is 3. The third-order valence-corrected chi connectivity index (χ3v) is 6.94. The first-order valence-corrected chi connectivity index (χ1v) is 8.97. The molecule has 2 heterocycles. The molecule has 0 N–H and O–H groups in total. The van der Waals surface area contributed by atoms with Gasteiger partial charge in [0.05, 0.1) is 17.6 Å². The molecule has 1 aromatic heterocycles. The third-order valence-electron chi connectivity index (χ3n) is 4.54. The average molecular weight is 342 g/mol. The Morgan fingerprint density at radius 2 is 1.83 bits per heavy atom. The van der Waals surface area contributed by atoms with Crippen molar-refractivity contribution in [3.8, 4) is 0 Å². The molecule has 1 aliphatic heterocycles. The topological polar surface area (TPSA) is 50.3 Å². The summed E-state index contributed by atoms with van der Waals surface area (Å²) in [5.41, 5.74) is 1.99. The molecule has 0 aliphatic carbocycles. The fourth-order valence-corrected chi connectivity index (χ4v) is 4.86. The maximum absolute atomic E-state index is 13.8. The standard InChI is InChI=1S/C18H15FN2O2S/c1-18(2)14-7-3-4-9-16(14)21(24(18,22)23)13-10-12-6-5-8-15(19)17(12)20-11-13/h3-11H,1-2H3. The van der Waals surface area contributed by atoms with Gasteiger partial charge in [-0.05, 0) is 37.6 Å². The van der Waals surface area contributed by atoms with Gasteiger partial charge in [-0.1, -0.05) is 30.3 Å². The summed E-state index contributed by atoms with van der Waals surface area (Å²) < 4.78 is 40.3. The number of benzene rings is 2. The minimum atomic E-state index is -3.66. The molecule has 3 aromatic rings. The maximum Gasteiger partial charge on any atom is 0.249 e. The Kier molecular flexibility index (Phi) is 3.00. The Morgan fingerprint density at radius 1 is 1.08 bits per heavy atom. The van der Waals surface area contributed by atoms with Crippen molar-refractivity contribution in [3.63, 3.8) is 0 Å². The normalized spacial score (nSPS) is 17.9. The quantitative estimate of drug-likeness (QED) is 0.669. The average Bonchev–Trinajstić information content (AvgIpc) is 2.70. The number of fused-ring (bicyclic) bond motifs is 2. The number of hydrogen-bond donors (Lipinski definition) is 0. The number of anilines is 2. The highest BCUT2D eigenvalue weighted by Gasteiger charge is 2.50. The van der Waals surface area contributed by atoms with E-state index in [4.69, 9.17) is 0 Å². The number of halogens is 1. The summed E-state index contributed by atoms with van der Waals surface area (Å²) in [4.78, 5) is 4.13. The van der Waals surface area contributed by atoms with Crippen LogP contribution in [0.15, 0.2) is 54.7 Å². The van der Waals surface area contributed by atoms with Gasteiger partial charge in [-0.15, -0.1) is 0 Å². The van der Waals surface area contributed by atoms with Gasteiger partial charge in [0.15, 0.2) is 0 Å². The highest BCUT2D eigenvalue weighted by molar-refractivity contribution is 7.94. The van der Waals surface area contributed by atoms with E-state index >= 15 is 0 Å². The van der Waals surface area contributed by atoms with E-state index in [0.29, 0.717) is 16.8 Å². The zero-order chi connectivity index (χ0) is 17.1. The van der Waals surface area contributed by atoms with E-state index in [-0.39, 0.29) is 5.52 Å². The van der Waals surface area contributed by atoms with Gasteiger partial charge in [-0.25, -0.2) is 17.1 Å². The molecule has 0 saturated carbocycles. The van der Waals surface area contributed by atoms with Crippen molar-refractivity contribution in [2.24, 2.45) is 0 Å². The number of rotatable bonds is 1. The molecule has 4 rings (SSSR count). The summed E-state index contributed by atoms with van der Waals surface area (Å²) >= 11 is 0. The van der Waals surface area contributed by atoms with Crippen LogP contribution >= 0.6 is 0 Å². The lowest BCUT2D eigenvalue weighted by atomic mass is 10.0. The lowest BCUT2D eigenvalue weighted by Crippen LogP contribution is -2.33. The molecular formula is C18H15FN2O2S. The molecule has 24 heavy (non-hydrogen) atoms. The van der Waals surface area contributed by atoms with Gasteiger partial charge in [0.25, 0.3) is 0 Å². The van der Waals surface area contributed by atoms with Gasteiger partial charge in [-0.2, -0.15) is 0 Å². The van der Waals surface area contributed by atoms with Crippen LogP contribution in [0.5, 0.6) is 0 Å². The number of aromatic nitrogens is 1. The van der Waals surface area contributed by atoms with E-state index in [1.54, 1.807) is 44.2 Å². The molecule has 0 saturated heterocycles. The summed E-state index contributed by atoms with van der Waals surface area (Å²) in [5.74, 6) is -0.427. The van der Waals surface area contributed by atoms with Crippen LogP contribution in [0, 0.1) is 5.82 Å². The van der Waals surface area contributed by atoms with Gasteiger partial charge in [0.1, 0.15) is 16.1 Å². The Bertz CT molecular complexity index is 1080. The van der Waals surface area contributed by atoms with Crippen molar-refractivity contribution in [2.75, 3.05) is 4.31 Å². The van der Waals surface area contributed by atoms with Crippen molar-refractivity contribution in [3.05, 3.63) is 66.1 Å². The summed E-state index contributed by atoms with van der Waals surface area (Å²) in [6.07, 6.45) is 1.40. The number of nitrogens with zero attached hydrogens (tertiary/aromatic N) is 2.